The highest BCUT2D eigenvalue weighted by Gasteiger charge is 2.11. The van der Waals surface area contributed by atoms with Crippen molar-refractivity contribution in [1.29, 1.82) is 0 Å². The molecule has 8 heteroatoms. The van der Waals surface area contributed by atoms with Gasteiger partial charge in [-0.2, -0.15) is 0 Å². The molecular formula is C18H19N3O5. The molecule has 136 valence electrons. The molecule has 0 aliphatic heterocycles. The second-order valence-electron chi connectivity index (χ2n) is 5.36. The molecular weight excluding hydrogens is 338 g/mol. The molecule has 0 saturated heterocycles. The molecule has 0 saturated carbocycles. The summed E-state index contributed by atoms with van der Waals surface area (Å²) in [6.45, 7) is -1.10. The zero-order chi connectivity index (χ0) is 18.9. The van der Waals surface area contributed by atoms with Crippen LogP contribution in [0, 0.1) is 0 Å². The summed E-state index contributed by atoms with van der Waals surface area (Å²) in [5, 5.41) is 8.97. The van der Waals surface area contributed by atoms with Gasteiger partial charge in [-0.3, -0.25) is 19.2 Å². The first-order valence-electron chi connectivity index (χ1n) is 7.89. The Balaban J connectivity index is 1.76. The number of esters is 1. The number of carbonyl (C=O) groups is 4. The SMILES string of the molecule is CNC(=O)CNC(=O)COC(=O)CNC(=O)c1ccc2ccccc2c1. The lowest BCUT2D eigenvalue weighted by atomic mass is 10.1. The summed E-state index contributed by atoms with van der Waals surface area (Å²) in [6.07, 6.45) is 0. The van der Waals surface area contributed by atoms with Crippen LogP contribution in [0.1, 0.15) is 10.4 Å². The van der Waals surface area contributed by atoms with Crippen LogP contribution in [-0.4, -0.2) is 50.4 Å². The van der Waals surface area contributed by atoms with Gasteiger partial charge >= 0.3 is 5.97 Å². The molecule has 0 heterocycles. The number of fused-ring (bicyclic) bond motifs is 1. The maximum absolute atomic E-state index is 12.1. The molecule has 2 rings (SSSR count). The average molecular weight is 357 g/mol. The van der Waals surface area contributed by atoms with Crippen LogP contribution >= 0.6 is 0 Å². The predicted octanol–water partition coefficient (Wildman–Crippen LogP) is -0.0250. The zero-order valence-corrected chi connectivity index (χ0v) is 14.2. The van der Waals surface area contributed by atoms with Gasteiger partial charge in [0.05, 0.1) is 6.54 Å². The Labute approximate surface area is 149 Å². The monoisotopic (exact) mass is 357 g/mol. The molecule has 0 bridgehead atoms. The first-order chi connectivity index (χ1) is 12.5. The molecule has 0 atom stereocenters. The molecule has 2 aromatic carbocycles. The molecule has 0 fully saturated rings. The number of amides is 3. The van der Waals surface area contributed by atoms with Gasteiger partial charge in [0.2, 0.25) is 5.91 Å². The van der Waals surface area contributed by atoms with Gasteiger partial charge in [0.15, 0.2) is 6.61 Å². The standard InChI is InChI=1S/C18H19N3O5/c1-19-15(22)9-20-16(23)11-26-17(24)10-21-18(25)14-7-6-12-4-2-3-5-13(12)8-14/h2-8H,9-11H2,1H3,(H,19,22)(H,20,23)(H,21,25). The smallest absolute Gasteiger partial charge is 0.325 e. The van der Waals surface area contributed by atoms with E-state index in [9.17, 15) is 19.2 Å². The van der Waals surface area contributed by atoms with Crippen molar-refractivity contribution >= 4 is 34.5 Å². The minimum Gasteiger partial charge on any atom is -0.454 e. The Hall–Kier alpha value is -3.42. The molecule has 0 unspecified atom stereocenters. The topological polar surface area (TPSA) is 114 Å². The van der Waals surface area contributed by atoms with Crippen molar-refractivity contribution in [1.82, 2.24) is 16.0 Å². The largest absolute Gasteiger partial charge is 0.454 e. The van der Waals surface area contributed by atoms with Crippen LogP contribution in [0.5, 0.6) is 0 Å². The second-order valence-corrected chi connectivity index (χ2v) is 5.36. The molecule has 0 aromatic heterocycles. The van der Waals surface area contributed by atoms with E-state index in [-0.39, 0.29) is 19.0 Å². The minimum atomic E-state index is -0.755. The lowest BCUT2D eigenvalue weighted by molar-refractivity contribution is -0.147. The lowest BCUT2D eigenvalue weighted by Crippen LogP contribution is -2.38. The van der Waals surface area contributed by atoms with Crippen molar-refractivity contribution in [2.45, 2.75) is 0 Å². The summed E-state index contributed by atoms with van der Waals surface area (Å²) in [4.78, 5) is 46.1. The number of rotatable bonds is 7. The van der Waals surface area contributed by atoms with E-state index < -0.39 is 24.4 Å². The molecule has 26 heavy (non-hydrogen) atoms. The molecule has 2 aromatic rings. The number of carbonyl (C=O) groups excluding carboxylic acids is 4. The second kappa shape index (κ2) is 9.16. The molecule has 3 amide bonds. The highest BCUT2D eigenvalue weighted by Crippen LogP contribution is 2.15. The van der Waals surface area contributed by atoms with Crippen LogP contribution in [0.15, 0.2) is 42.5 Å². The van der Waals surface area contributed by atoms with Crippen LogP contribution in [0.25, 0.3) is 10.8 Å². The Morgan fingerprint density at radius 3 is 2.35 bits per heavy atom. The summed E-state index contributed by atoms with van der Waals surface area (Å²) in [7, 11) is 1.44. The number of hydrogen-bond donors (Lipinski definition) is 3. The van der Waals surface area contributed by atoms with E-state index in [2.05, 4.69) is 16.0 Å². The maximum atomic E-state index is 12.1. The van der Waals surface area contributed by atoms with E-state index in [0.29, 0.717) is 5.56 Å². The fourth-order valence-electron chi connectivity index (χ4n) is 2.10. The van der Waals surface area contributed by atoms with Gasteiger partial charge in [-0.15, -0.1) is 0 Å². The molecule has 0 spiro atoms. The molecule has 0 aliphatic rings. The van der Waals surface area contributed by atoms with Crippen molar-refractivity contribution < 1.29 is 23.9 Å². The fraction of sp³-hybridized carbons (Fsp3) is 0.222. The van der Waals surface area contributed by atoms with Gasteiger partial charge in [0.25, 0.3) is 11.8 Å². The van der Waals surface area contributed by atoms with E-state index in [0.717, 1.165) is 10.8 Å². The number of ether oxygens (including phenoxy) is 1. The van der Waals surface area contributed by atoms with Gasteiger partial charge in [-0.05, 0) is 22.9 Å². The maximum Gasteiger partial charge on any atom is 0.325 e. The Morgan fingerprint density at radius 2 is 1.62 bits per heavy atom. The summed E-state index contributed by atoms with van der Waals surface area (Å²) in [6, 6.07) is 12.8. The number of benzene rings is 2. The van der Waals surface area contributed by atoms with Crippen LogP contribution in [0.2, 0.25) is 0 Å². The van der Waals surface area contributed by atoms with E-state index in [1.54, 1.807) is 12.1 Å². The van der Waals surface area contributed by atoms with Gasteiger partial charge in [0, 0.05) is 12.6 Å². The Morgan fingerprint density at radius 1 is 0.885 bits per heavy atom. The van der Waals surface area contributed by atoms with Crippen LogP contribution in [0.4, 0.5) is 0 Å². The molecule has 0 aliphatic carbocycles. The van der Waals surface area contributed by atoms with Crippen molar-refractivity contribution in [3.63, 3.8) is 0 Å². The third kappa shape index (κ3) is 5.59. The van der Waals surface area contributed by atoms with E-state index in [4.69, 9.17) is 4.74 Å². The highest BCUT2D eigenvalue weighted by atomic mass is 16.5. The van der Waals surface area contributed by atoms with E-state index in [1.165, 1.54) is 7.05 Å². The first kappa shape index (κ1) is 18.9. The normalized spacial score (nSPS) is 10.0. The van der Waals surface area contributed by atoms with Gasteiger partial charge in [-0.1, -0.05) is 30.3 Å². The summed E-state index contributed by atoms with van der Waals surface area (Å²) in [5.41, 5.74) is 0.417. The van der Waals surface area contributed by atoms with Gasteiger partial charge in [0.1, 0.15) is 6.54 Å². The Bertz CT molecular complexity index is 834. The van der Waals surface area contributed by atoms with Crippen molar-refractivity contribution in [2.24, 2.45) is 0 Å². The predicted molar refractivity (Wildman–Crippen MR) is 94.3 cm³/mol. The van der Waals surface area contributed by atoms with Gasteiger partial charge < -0.3 is 20.7 Å². The minimum absolute atomic E-state index is 0.203. The third-order valence-electron chi connectivity index (χ3n) is 3.49. The summed E-state index contributed by atoms with van der Waals surface area (Å²) >= 11 is 0. The molecule has 0 radical (unpaired) electrons. The summed E-state index contributed by atoms with van der Waals surface area (Å²) in [5.74, 6) is -2.15. The summed E-state index contributed by atoms with van der Waals surface area (Å²) < 4.78 is 4.73. The van der Waals surface area contributed by atoms with Crippen molar-refractivity contribution in [3.05, 3.63) is 48.0 Å². The van der Waals surface area contributed by atoms with E-state index >= 15 is 0 Å². The number of nitrogens with one attached hydrogen (secondary N) is 3. The molecule has 8 nitrogen and oxygen atoms in total. The highest BCUT2D eigenvalue weighted by molar-refractivity contribution is 5.99. The average Bonchev–Trinajstić information content (AvgIpc) is 2.68. The van der Waals surface area contributed by atoms with E-state index in [1.807, 2.05) is 30.3 Å². The first-order valence-corrected chi connectivity index (χ1v) is 7.89. The third-order valence-corrected chi connectivity index (χ3v) is 3.49. The van der Waals surface area contributed by atoms with Crippen LogP contribution < -0.4 is 16.0 Å². The lowest BCUT2D eigenvalue weighted by Gasteiger charge is -2.08. The van der Waals surface area contributed by atoms with Crippen molar-refractivity contribution in [3.8, 4) is 0 Å². The quantitative estimate of drug-likeness (QED) is 0.603. The molecule has 3 N–H and O–H groups in total. The Kier molecular flexibility index (Phi) is 6.67. The van der Waals surface area contributed by atoms with Crippen LogP contribution in [-0.2, 0) is 19.1 Å². The van der Waals surface area contributed by atoms with Crippen molar-refractivity contribution in [2.75, 3.05) is 26.7 Å². The fourth-order valence-corrected chi connectivity index (χ4v) is 2.10. The van der Waals surface area contributed by atoms with Crippen LogP contribution in [0.3, 0.4) is 0 Å². The van der Waals surface area contributed by atoms with Gasteiger partial charge in [-0.25, -0.2) is 0 Å². The number of hydrogen-bond acceptors (Lipinski definition) is 5. The zero-order valence-electron chi connectivity index (χ0n) is 14.2. The number of likely N-dealkylation sites (N-methyl/N-ethyl adjacent to an activating group) is 1.